The van der Waals surface area contributed by atoms with Crippen LogP contribution in [0.25, 0.3) is 0 Å². The first-order chi connectivity index (χ1) is 10.1. The van der Waals surface area contributed by atoms with Crippen LogP contribution in [0.2, 0.25) is 0 Å². The number of hydrogen-bond donors (Lipinski definition) is 1. The summed E-state index contributed by atoms with van der Waals surface area (Å²) in [6, 6.07) is 12.5. The Morgan fingerprint density at radius 1 is 1.10 bits per heavy atom. The first kappa shape index (κ1) is 16.4. The van der Waals surface area contributed by atoms with E-state index in [2.05, 4.69) is 34.8 Å². The average molecular weight is 401 g/mol. The highest BCUT2D eigenvalue weighted by atomic mass is 127. The van der Waals surface area contributed by atoms with Gasteiger partial charge in [0.2, 0.25) is 0 Å². The van der Waals surface area contributed by atoms with Gasteiger partial charge in [0.15, 0.2) is 11.6 Å². The van der Waals surface area contributed by atoms with Crippen LogP contribution in [0.3, 0.4) is 0 Å². The van der Waals surface area contributed by atoms with E-state index in [4.69, 9.17) is 0 Å². The zero-order chi connectivity index (χ0) is 15.2. The summed E-state index contributed by atoms with van der Waals surface area (Å²) in [6.45, 7) is 2.92. The molecule has 112 valence electrons. The molecule has 0 bridgehead atoms. The Kier molecular flexibility index (Phi) is 6.11. The molecule has 1 unspecified atom stereocenters. The molecule has 0 spiro atoms. The van der Waals surface area contributed by atoms with Crippen LogP contribution in [-0.4, -0.2) is 6.54 Å². The predicted molar refractivity (Wildman–Crippen MR) is 90.3 cm³/mol. The summed E-state index contributed by atoms with van der Waals surface area (Å²) in [5.41, 5.74) is 1.50. The van der Waals surface area contributed by atoms with Crippen molar-refractivity contribution in [3.8, 4) is 0 Å². The molecule has 2 aromatic carbocycles. The first-order valence-electron chi connectivity index (χ1n) is 7.03. The number of hydrogen-bond acceptors (Lipinski definition) is 1. The summed E-state index contributed by atoms with van der Waals surface area (Å²) in [4.78, 5) is 0. The van der Waals surface area contributed by atoms with E-state index in [1.807, 2.05) is 24.3 Å². The molecule has 1 atom stereocenters. The first-order valence-corrected chi connectivity index (χ1v) is 8.11. The molecule has 0 fully saturated rings. The molecule has 0 saturated carbocycles. The van der Waals surface area contributed by atoms with Gasteiger partial charge < -0.3 is 5.32 Å². The van der Waals surface area contributed by atoms with Crippen molar-refractivity contribution in [3.05, 3.63) is 68.8 Å². The Balaban J connectivity index is 2.23. The maximum absolute atomic E-state index is 13.9. The van der Waals surface area contributed by atoms with Gasteiger partial charge in [-0.1, -0.05) is 31.2 Å². The lowest BCUT2D eigenvalue weighted by Gasteiger charge is -2.19. The van der Waals surface area contributed by atoms with Gasteiger partial charge in [-0.25, -0.2) is 8.78 Å². The monoisotopic (exact) mass is 401 g/mol. The van der Waals surface area contributed by atoms with Crippen molar-refractivity contribution in [1.29, 1.82) is 0 Å². The summed E-state index contributed by atoms with van der Waals surface area (Å²) in [6.07, 6.45) is 1.43. The van der Waals surface area contributed by atoms with Crippen molar-refractivity contribution in [2.24, 2.45) is 0 Å². The lowest BCUT2D eigenvalue weighted by Crippen LogP contribution is -2.24. The minimum atomic E-state index is -0.788. The van der Waals surface area contributed by atoms with Gasteiger partial charge in [-0.15, -0.1) is 0 Å². The molecule has 1 N–H and O–H groups in total. The van der Waals surface area contributed by atoms with Crippen LogP contribution < -0.4 is 5.32 Å². The third kappa shape index (κ3) is 4.48. The van der Waals surface area contributed by atoms with Gasteiger partial charge in [-0.05, 0) is 71.3 Å². The van der Waals surface area contributed by atoms with Gasteiger partial charge in [0, 0.05) is 9.61 Å². The standard InChI is InChI=1S/C17H18F2IN/c1-2-10-21-16(12-6-8-14(20)9-7-12)11-13-4-3-5-15(18)17(13)19/h3-9,16,21H,2,10-11H2,1H3. The van der Waals surface area contributed by atoms with Crippen LogP contribution in [0.5, 0.6) is 0 Å². The highest BCUT2D eigenvalue weighted by Gasteiger charge is 2.15. The van der Waals surface area contributed by atoms with E-state index in [0.29, 0.717) is 12.0 Å². The second-order valence-corrected chi connectivity index (χ2v) is 6.22. The van der Waals surface area contributed by atoms with Gasteiger partial charge in [0.05, 0.1) is 0 Å². The number of benzene rings is 2. The Bertz CT molecular complexity index is 584. The summed E-state index contributed by atoms with van der Waals surface area (Å²) in [5, 5.41) is 3.41. The van der Waals surface area contributed by atoms with Crippen molar-refractivity contribution < 1.29 is 8.78 Å². The van der Waals surface area contributed by atoms with E-state index in [1.54, 1.807) is 12.1 Å². The maximum atomic E-state index is 13.9. The molecule has 0 aliphatic rings. The van der Waals surface area contributed by atoms with Crippen LogP contribution in [0.4, 0.5) is 8.78 Å². The molecule has 0 radical (unpaired) electrons. The molecule has 1 nitrogen and oxygen atoms in total. The molecule has 0 heterocycles. The minimum absolute atomic E-state index is 0.0155. The second kappa shape index (κ2) is 7.84. The number of nitrogens with one attached hydrogen (secondary N) is 1. The highest BCUT2D eigenvalue weighted by molar-refractivity contribution is 14.1. The van der Waals surface area contributed by atoms with Crippen LogP contribution in [0.1, 0.15) is 30.5 Å². The molecule has 0 aliphatic carbocycles. The van der Waals surface area contributed by atoms with Crippen molar-refractivity contribution in [2.45, 2.75) is 25.8 Å². The lowest BCUT2D eigenvalue weighted by molar-refractivity contribution is 0.477. The van der Waals surface area contributed by atoms with Gasteiger partial charge in [0.25, 0.3) is 0 Å². The zero-order valence-corrected chi connectivity index (χ0v) is 14.0. The Hall–Kier alpha value is -1.01. The third-order valence-corrected chi connectivity index (χ3v) is 4.09. The van der Waals surface area contributed by atoms with Gasteiger partial charge in [-0.2, -0.15) is 0 Å². The van der Waals surface area contributed by atoms with Crippen LogP contribution in [0.15, 0.2) is 42.5 Å². The fraction of sp³-hybridized carbons (Fsp3) is 0.294. The molecule has 4 heteroatoms. The van der Waals surface area contributed by atoms with Crippen LogP contribution >= 0.6 is 22.6 Å². The van der Waals surface area contributed by atoms with Gasteiger partial charge in [0.1, 0.15) is 0 Å². The van der Waals surface area contributed by atoms with Crippen molar-refractivity contribution in [3.63, 3.8) is 0 Å². The smallest absolute Gasteiger partial charge is 0.162 e. The third-order valence-electron chi connectivity index (χ3n) is 3.37. The summed E-state index contributed by atoms with van der Waals surface area (Å²) in [5.74, 6) is -1.53. The topological polar surface area (TPSA) is 12.0 Å². The van der Waals surface area contributed by atoms with Gasteiger partial charge in [-0.3, -0.25) is 0 Å². The molecule has 0 aromatic heterocycles. The summed E-state index contributed by atoms with van der Waals surface area (Å²) >= 11 is 2.25. The Labute approximate surface area is 137 Å². The number of rotatable bonds is 6. The van der Waals surface area contributed by atoms with Crippen molar-refractivity contribution >= 4 is 22.6 Å². The van der Waals surface area contributed by atoms with Crippen molar-refractivity contribution in [2.75, 3.05) is 6.54 Å². The quantitative estimate of drug-likeness (QED) is 0.683. The Morgan fingerprint density at radius 3 is 2.48 bits per heavy atom. The van der Waals surface area contributed by atoms with Crippen molar-refractivity contribution in [1.82, 2.24) is 5.32 Å². The number of halogens is 3. The average Bonchev–Trinajstić information content (AvgIpc) is 2.49. The Morgan fingerprint density at radius 2 is 1.81 bits per heavy atom. The lowest BCUT2D eigenvalue weighted by atomic mass is 9.98. The fourth-order valence-electron chi connectivity index (χ4n) is 2.25. The summed E-state index contributed by atoms with van der Waals surface area (Å²) < 4.78 is 28.4. The zero-order valence-electron chi connectivity index (χ0n) is 11.9. The van der Waals surface area contributed by atoms with E-state index in [9.17, 15) is 8.78 Å². The molecular weight excluding hydrogens is 383 g/mol. The van der Waals surface area contributed by atoms with E-state index >= 15 is 0 Å². The summed E-state index contributed by atoms with van der Waals surface area (Å²) in [7, 11) is 0. The molecule has 21 heavy (non-hydrogen) atoms. The van der Waals surface area contributed by atoms with Crippen LogP contribution in [-0.2, 0) is 6.42 Å². The normalized spacial score (nSPS) is 12.4. The molecule has 0 aliphatic heterocycles. The fourth-order valence-corrected chi connectivity index (χ4v) is 2.61. The van der Waals surface area contributed by atoms with Gasteiger partial charge >= 0.3 is 0 Å². The highest BCUT2D eigenvalue weighted by Crippen LogP contribution is 2.22. The molecule has 2 aromatic rings. The molecule has 2 rings (SSSR count). The molecule has 0 saturated heterocycles. The van der Waals surface area contributed by atoms with E-state index in [0.717, 1.165) is 28.2 Å². The predicted octanol–water partition coefficient (Wildman–Crippen LogP) is 4.85. The SMILES string of the molecule is CCCNC(Cc1cccc(F)c1F)c1ccc(I)cc1. The largest absolute Gasteiger partial charge is 0.310 e. The minimum Gasteiger partial charge on any atom is -0.310 e. The second-order valence-electron chi connectivity index (χ2n) is 4.98. The van der Waals surface area contributed by atoms with E-state index < -0.39 is 11.6 Å². The maximum Gasteiger partial charge on any atom is 0.162 e. The van der Waals surface area contributed by atoms with E-state index in [-0.39, 0.29) is 6.04 Å². The molecular formula is C17H18F2IN. The van der Waals surface area contributed by atoms with Crippen LogP contribution in [0, 0.1) is 15.2 Å². The molecule has 0 amide bonds. The van der Waals surface area contributed by atoms with E-state index in [1.165, 1.54) is 0 Å².